The standard InChI is InChI=1S/C56H39N/c1-4-13-41(14-5-1)43-25-23-40(24-26-43)37-53(46-31-27-44(28-32-46)42-15-6-2-7-16-42)47-33-29-45(30-34-47)48-17-12-18-49(38-48)50-35-36-56-54(39-50)52-21-10-11-22-55(52)57(56)51-19-8-3-9-20-51/h1-39H/b53-37-. The zero-order valence-electron chi connectivity index (χ0n) is 31.5. The van der Waals surface area contributed by atoms with Gasteiger partial charge in [0.25, 0.3) is 0 Å². The molecule has 10 aromatic rings. The summed E-state index contributed by atoms with van der Waals surface area (Å²) in [5.74, 6) is 0. The fourth-order valence-electron chi connectivity index (χ4n) is 8.10. The van der Waals surface area contributed by atoms with Crippen molar-refractivity contribution in [3.05, 3.63) is 247 Å². The number of rotatable bonds is 8. The lowest BCUT2D eigenvalue weighted by Gasteiger charge is -2.13. The van der Waals surface area contributed by atoms with Gasteiger partial charge in [-0.15, -0.1) is 0 Å². The summed E-state index contributed by atoms with van der Waals surface area (Å²) in [5.41, 5.74) is 18.0. The molecule has 0 fully saturated rings. The van der Waals surface area contributed by atoms with Gasteiger partial charge in [-0.1, -0.05) is 194 Å². The highest BCUT2D eigenvalue weighted by molar-refractivity contribution is 6.10. The maximum Gasteiger partial charge on any atom is 0.0541 e. The van der Waals surface area contributed by atoms with Crippen LogP contribution >= 0.6 is 0 Å². The van der Waals surface area contributed by atoms with Crippen LogP contribution in [0.4, 0.5) is 0 Å². The largest absolute Gasteiger partial charge is 0.309 e. The van der Waals surface area contributed by atoms with Crippen molar-refractivity contribution in [3.8, 4) is 50.2 Å². The molecule has 0 aliphatic rings. The van der Waals surface area contributed by atoms with Crippen molar-refractivity contribution in [2.45, 2.75) is 0 Å². The summed E-state index contributed by atoms with van der Waals surface area (Å²) in [4.78, 5) is 0. The molecule has 0 saturated carbocycles. The van der Waals surface area contributed by atoms with Gasteiger partial charge < -0.3 is 4.57 Å². The molecule has 10 rings (SSSR count). The van der Waals surface area contributed by atoms with Crippen LogP contribution in [0.1, 0.15) is 16.7 Å². The van der Waals surface area contributed by atoms with Crippen LogP contribution in [0.15, 0.2) is 231 Å². The maximum atomic E-state index is 2.37. The first-order chi connectivity index (χ1) is 28.2. The minimum atomic E-state index is 1.16. The molecular weight excluding hydrogens is 687 g/mol. The van der Waals surface area contributed by atoms with Crippen molar-refractivity contribution in [3.63, 3.8) is 0 Å². The van der Waals surface area contributed by atoms with Crippen molar-refractivity contribution in [1.82, 2.24) is 4.57 Å². The van der Waals surface area contributed by atoms with Crippen LogP contribution in [0.2, 0.25) is 0 Å². The molecule has 1 aromatic heterocycles. The van der Waals surface area contributed by atoms with Gasteiger partial charge in [0.05, 0.1) is 11.0 Å². The Labute approximate surface area is 334 Å². The van der Waals surface area contributed by atoms with Crippen LogP contribution in [0.3, 0.4) is 0 Å². The molecule has 0 radical (unpaired) electrons. The summed E-state index contributed by atoms with van der Waals surface area (Å²) < 4.78 is 2.37. The third kappa shape index (κ3) is 6.77. The molecule has 0 saturated heterocycles. The second-order valence-corrected chi connectivity index (χ2v) is 14.6. The Hall–Kier alpha value is -7.48. The average Bonchev–Trinajstić information content (AvgIpc) is 3.63. The molecule has 268 valence electrons. The number of para-hydroxylation sites is 2. The van der Waals surface area contributed by atoms with Gasteiger partial charge in [-0.25, -0.2) is 0 Å². The molecular formula is C56H39N. The normalized spacial score (nSPS) is 11.6. The summed E-state index contributed by atoms with van der Waals surface area (Å²) in [6.45, 7) is 0. The molecule has 1 heterocycles. The van der Waals surface area contributed by atoms with Crippen LogP contribution in [0, 0.1) is 0 Å². The van der Waals surface area contributed by atoms with Crippen molar-refractivity contribution >= 4 is 33.5 Å². The minimum Gasteiger partial charge on any atom is -0.309 e. The Bertz CT molecular complexity index is 2990. The first kappa shape index (κ1) is 34.0. The number of hydrogen-bond acceptors (Lipinski definition) is 0. The van der Waals surface area contributed by atoms with Gasteiger partial charge in [0.2, 0.25) is 0 Å². The fraction of sp³-hybridized carbons (Fsp3) is 0. The van der Waals surface area contributed by atoms with E-state index in [1.54, 1.807) is 0 Å². The molecule has 9 aromatic carbocycles. The highest BCUT2D eigenvalue weighted by atomic mass is 15.0. The molecule has 57 heavy (non-hydrogen) atoms. The minimum absolute atomic E-state index is 1.16. The van der Waals surface area contributed by atoms with Gasteiger partial charge in [-0.2, -0.15) is 0 Å². The summed E-state index contributed by atoms with van der Waals surface area (Å²) >= 11 is 0. The zero-order chi connectivity index (χ0) is 38.0. The van der Waals surface area contributed by atoms with Gasteiger partial charge in [-0.3, -0.25) is 0 Å². The Morgan fingerprint density at radius 2 is 0.719 bits per heavy atom. The van der Waals surface area contributed by atoms with Gasteiger partial charge in [0, 0.05) is 16.5 Å². The van der Waals surface area contributed by atoms with E-state index in [1.807, 2.05) is 0 Å². The lowest BCUT2D eigenvalue weighted by molar-refractivity contribution is 1.18. The van der Waals surface area contributed by atoms with E-state index in [4.69, 9.17) is 0 Å². The molecule has 0 N–H and O–H groups in total. The number of nitrogens with zero attached hydrogens (tertiary/aromatic N) is 1. The molecule has 0 spiro atoms. The fourth-order valence-corrected chi connectivity index (χ4v) is 8.10. The SMILES string of the molecule is C(=C(\c1ccc(-c2ccccc2)cc1)c1ccc(-c2cccc(-c3ccc4c(c3)c3ccccc3n4-c3ccccc3)c2)cc1)/c1ccc(-c2ccccc2)cc1. The number of fused-ring (bicyclic) bond motifs is 3. The lowest BCUT2D eigenvalue weighted by atomic mass is 9.92. The molecule has 1 heteroatoms. The molecule has 0 amide bonds. The second kappa shape index (κ2) is 15.0. The number of benzene rings is 9. The zero-order valence-corrected chi connectivity index (χ0v) is 31.5. The Balaban J connectivity index is 0.992. The molecule has 0 bridgehead atoms. The molecule has 0 atom stereocenters. The topological polar surface area (TPSA) is 4.93 Å². The third-order valence-corrected chi connectivity index (χ3v) is 11.0. The first-order valence-electron chi connectivity index (χ1n) is 19.6. The monoisotopic (exact) mass is 725 g/mol. The lowest BCUT2D eigenvalue weighted by Crippen LogP contribution is -1.92. The second-order valence-electron chi connectivity index (χ2n) is 14.6. The van der Waals surface area contributed by atoms with Crippen molar-refractivity contribution in [1.29, 1.82) is 0 Å². The average molecular weight is 726 g/mol. The van der Waals surface area contributed by atoms with Crippen LogP contribution in [0.5, 0.6) is 0 Å². The third-order valence-electron chi connectivity index (χ3n) is 11.0. The smallest absolute Gasteiger partial charge is 0.0541 e. The van der Waals surface area contributed by atoms with Gasteiger partial charge in [-0.05, 0) is 109 Å². The van der Waals surface area contributed by atoms with Gasteiger partial charge in [0.1, 0.15) is 0 Å². The van der Waals surface area contributed by atoms with E-state index in [1.165, 1.54) is 88.7 Å². The predicted octanol–water partition coefficient (Wildman–Crippen LogP) is 15.0. The summed E-state index contributed by atoms with van der Waals surface area (Å²) in [7, 11) is 0. The van der Waals surface area contributed by atoms with E-state index in [9.17, 15) is 0 Å². The van der Waals surface area contributed by atoms with E-state index in [-0.39, 0.29) is 0 Å². The van der Waals surface area contributed by atoms with E-state index in [0.29, 0.717) is 0 Å². The highest BCUT2D eigenvalue weighted by Crippen LogP contribution is 2.37. The molecule has 0 unspecified atom stereocenters. The highest BCUT2D eigenvalue weighted by Gasteiger charge is 2.14. The summed E-state index contributed by atoms with van der Waals surface area (Å²) in [5, 5.41) is 2.52. The Morgan fingerprint density at radius 3 is 1.33 bits per heavy atom. The van der Waals surface area contributed by atoms with E-state index >= 15 is 0 Å². The summed E-state index contributed by atoms with van der Waals surface area (Å²) in [6, 6.07) is 83.2. The summed E-state index contributed by atoms with van der Waals surface area (Å²) in [6.07, 6.45) is 2.31. The van der Waals surface area contributed by atoms with Gasteiger partial charge >= 0.3 is 0 Å². The van der Waals surface area contributed by atoms with Crippen LogP contribution in [-0.4, -0.2) is 4.57 Å². The van der Waals surface area contributed by atoms with E-state index in [0.717, 1.165) is 5.56 Å². The van der Waals surface area contributed by atoms with Crippen molar-refractivity contribution in [2.75, 3.05) is 0 Å². The van der Waals surface area contributed by atoms with E-state index < -0.39 is 0 Å². The quantitative estimate of drug-likeness (QED) is 0.137. The van der Waals surface area contributed by atoms with Crippen LogP contribution in [0.25, 0.3) is 83.6 Å². The first-order valence-corrected chi connectivity index (χ1v) is 19.6. The number of hydrogen-bond donors (Lipinski definition) is 0. The maximum absolute atomic E-state index is 2.37. The Kier molecular flexibility index (Phi) is 8.95. The van der Waals surface area contributed by atoms with E-state index in [2.05, 4.69) is 241 Å². The predicted molar refractivity (Wildman–Crippen MR) is 242 cm³/mol. The molecule has 1 nitrogen and oxygen atoms in total. The molecule has 0 aliphatic heterocycles. The van der Waals surface area contributed by atoms with Crippen LogP contribution in [-0.2, 0) is 0 Å². The molecule has 0 aliphatic carbocycles. The van der Waals surface area contributed by atoms with Gasteiger partial charge in [0.15, 0.2) is 0 Å². The Morgan fingerprint density at radius 1 is 0.298 bits per heavy atom. The number of aromatic nitrogens is 1. The van der Waals surface area contributed by atoms with Crippen molar-refractivity contribution < 1.29 is 0 Å². The van der Waals surface area contributed by atoms with Crippen molar-refractivity contribution in [2.24, 2.45) is 0 Å². The van der Waals surface area contributed by atoms with Crippen LogP contribution < -0.4 is 0 Å².